The number of ether oxygens (including phenoxy) is 1. The van der Waals surface area contributed by atoms with Crippen molar-refractivity contribution in [3.8, 4) is 17.5 Å². The number of anilines is 1. The molecule has 29 heavy (non-hydrogen) atoms. The van der Waals surface area contributed by atoms with Crippen molar-refractivity contribution in [1.82, 2.24) is 15.2 Å². The number of hydrogen-bond acceptors (Lipinski definition) is 7. The van der Waals surface area contributed by atoms with Crippen LogP contribution in [0.15, 0.2) is 10.5 Å². The molecule has 3 N–H and O–H groups in total. The van der Waals surface area contributed by atoms with Crippen LogP contribution < -0.4 is 10.5 Å². The van der Waals surface area contributed by atoms with E-state index in [1.165, 1.54) is 0 Å². The van der Waals surface area contributed by atoms with Crippen molar-refractivity contribution in [2.24, 2.45) is 0 Å². The number of alkyl halides is 6. The number of fused-ring (bicyclic) bond motifs is 5. The van der Waals surface area contributed by atoms with Gasteiger partial charge in [0.1, 0.15) is 5.56 Å². The molecule has 1 aliphatic heterocycles. The van der Waals surface area contributed by atoms with Gasteiger partial charge >= 0.3 is 12.4 Å². The van der Waals surface area contributed by atoms with E-state index in [2.05, 4.69) is 15.2 Å². The lowest BCUT2D eigenvalue weighted by Crippen LogP contribution is -2.42. The molecular weight excluding hydrogens is 410 g/mol. The quantitative estimate of drug-likeness (QED) is 0.617. The highest BCUT2D eigenvalue weighted by Gasteiger charge is 2.58. The van der Waals surface area contributed by atoms with Crippen molar-refractivity contribution in [3.63, 3.8) is 0 Å². The lowest BCUT2D eigenvalue weighted by Gasteiger charge is -2.27. The Morgan fingerprint density at radius 1 is 1.03 bits per heavy atom. The topological polar surface area (TPSA) is 107 Å². The SMILES string of the molecule is Nc1cc(C(F)(F)F)c2nc1-c1nnc(o1)C(O)(C(F)(F)F)CCCCCCO2. The molecule has 1 aliphatic rings. The van der Waals surface area contributed by atoms with Gasteiger partial charge in [-0.25, -0.2) is 4.98 Å². The Bertz CT molecular complexity index is 883. The van der Waals surface area contributed by atoms with Crippen molar-refractivity contribution in [1.29, 1.82) is 0 Å². The van der Waals surface area contributed by atoms with Crippen molar-refractivity contribution in [3.05, 3.63) is 17.5 Å². The average Bonchev–Trinajstić information content (AvgIpc) is 3.09. The smallest absolute Gasteiger partial charge is 0.426 e. The first-order chi connectivity index (χ1) is 13.4. The van der Waals surface area contributed by atoms with Gasteiger partial charge in [-0.15, -0.1) is 10.2 Å². The number of hydrogen-bond donors (Lipinski definition) is 2. The summed E-state index contributed by atoms with van der Waals surface area (Å²) in [6, 6.07) is 0.531. The Kier molecular flexibility index (Phi) is 5.36. The van der Waals surface area contributed by atoms with Crippen molar-refractivity contribution < 1.29 is 40.6 Å². The Hall–Kier alpha value is -2.57. The minimum absolute atomic E-state index is 0.0345. The fourth-order valence-corrected chi connectivity index (χ4v) is 2.86. The van der Waals surface area contributed by atoms with Crippen molar-refractivity contribution >= 4 is 5.69 Å². The Morgan fingerprint density at radius 2 is 1.72 bits per heavy atom. The summed E-state index contributed by atoms with van der Waals surface area (Å²) in [5.41, 5.74) is -0.0796. The third-order valence-corrected chi connectivity index (χ3v) is 4.44. The van der Waals surface area contributed by atoms with Crippen LogP contribution in [0.4, 0.5) is 32.0 Å². The van der Waals surface area contributed by atoms with Crippen LogP contribution in [0.2, 0.25) is 0 Å². The number of nitrogens with zero attached hydrogens (tertiary/aromatic N) is 3. The van der Waals surface area contributed by atoms with Crippen LogP contribution in [-0.4, -0.2) is 33.1 Å². The molecule has 0 aliphatic carbocycles. The molecule has 2 aromatic rings. The summed E-state index contributed by atoms with van der Waals surface area (Å²) in [6.45, 7) is -0.141. The highest BCUT2D eigenvalue weighted by Crippen LogP contribution is 2.44. The molecule has 1 atom stereocenters. The zero-order chi connectivity index (χ0) is 21.4. The van der Waals surface area contributed by atoms with Gasteiger partial charge in [-0.05, 0) is 25.3 Å². The number of halogens is 6. The molecule has 2 aromatic heterocycles. The van der Waals surface area contributed by atoms with Crippen LogP contribution in [0.25, 0.3) is 11.6 Å². The molecule has 7 nitrogen and oxygen atoms in total. The lowest BCUT2D eigenvalue weighted by molar-refractivity contribution is -0.277. The second kappa shape index (κ2) is 7.35. The minimum atomic E-state index is -5.11. The van der Waals surface area contributed by atoms with Crippen LogP contribution >= 0.6 is 0 Å². The van der Waals surface area contributed by atoms with E-state index in [0.717, 1.165) is 0 Å². The molecule has 0 amide bonds. The largest absolute Gasteiger partial charge is 0.477 e. The van der Waals surface area contributed by atoms with E-state index >= 15 is 0 Å². The van der Waals surface area contributed by atoms with Crippen LogP contribution in [0.3, 0.4) is 0 Å². The maximum absolute atomic E-state index is 13.5. The molecule has 0 radical (unpaired) electrons. The van der Waals surface area contributed by atoms with E-state index in [1.54, 1.807) is 0 Å². The lowest BCUT2D eigenvalue weighted by atomic mass is 9.95. The highest BCUT2D eigenvalue weighted by molar-refractivity contribution is 5.68. The number of aromatic nitrogens is 3. The molecule has 0 spiro atoms. The molecule has 0 aromatic carbocycles. The molecule has 0 fully saturated rings. The minimum Gasteiger partial charge on any atom is -0.477 e. The molecule has 160 valence electrons. The van der Waals surface area contributed by atoms with Crippen LogP contribution in [0.1, 0.15) is 43.6 Å². The summed E-state index contributed by atoms with van der Waals surface area (Å²) in [5.74, 6) is -2.61. The summed E-state index contributed by atoms with van der Waals surface area (Å²) in [5, 5.41) is 16.9. The third kappa shape index (κ3) is 4.09. The van der Waals surface area contributed by atoms with Gasteiger partial charge in [0.15, 0.2) is 5.69 Å². The van der Waals surface area contributed by atoms with Gasteiger partial charge < -0.3 is 20.0 Å². The van der Waals surface area contributed by atoms with Gasteiger partial charge in [-0.2, -0.15) is 26.3 Å². The summed E-state index contributed by atoms with van der Waals surface area (Å²) in [7, 11) is 0. The van der Waals surface area contributed by atoms with Crippen molar-refractivity contribution in [2.45, 2.75) is 50.1 Å². The second-order valence-electron chi connectivity index (χ2n) is 6.56. The van der Waals surface area contributed by atoms with Gasteiger partial charge in [0.2, 0.25) is 11.5 Å². The Labute approximate surface area is 159 Å². The zero-order valence-electron chi connectivity index (χ0n) is 14.8. The second-order valence-corrected chi connectivity index (χ2v) is 6.56. The Balaban J connectivity index is 2.14. The number of nitrogens with two attached hydrogens (primary N) is 1. The van der Waals surface area contributed by atoms with Gasteiger partial charge in [-0.3, -0.25) is 0 Å². The van der Waals surface area contributed by atoms with Gasteiger partial charge in [0.25, 0.3) is 11.8 Å². The molecule has 13 heteroatoms. The number of nitrogen functional groups attached to an aromatic ring is 1. The first-order valence-corrected chi connectivity index (χ1v) is 8.57. The Morgan fingerprint density at radius 3 is 2.38 bits per heavy atom. The molecule has 3 heterocycles. The number of rotatable bonds is 0. The summed E-state index contributed by atoms with van der Waals surface area (Å²) in [4.78, 5) is 3.66. The maximum atomic E-state index is 13.5. The van der Waals surface area contributed by atoms with Gasteiger partial charge in [-0.1, -0.05) is 12.8 Å². The molecule has 4 bridgehead atoms. The fraction of sp³-hybridized carbons (Fsp3) is 0.562. The van der Waals surface area contributed by atoms with E-state index < -0.39 is 59.0 Å². The van der Waals surface area contributed by atoms with E-state index in [4.69, 9.17) is 14.9 Å². The molecule has 0 saturated carbocycles. The monoisotopic (exact) mass is 426 g/mol. The predicted molar refractivity (Wildman–Crippen MR) is 85.5 cm³/mol. The van der Waals surface area contributed by atoms with E-state index in [0.29, 0.717) is 12.5 Å². The first kappa shape index (κ1) is 21.1. The van der Waals surface area contributed by atoms with Gasteiger partial charge in [0.05, 0.1) is 12.3 Å². The third-order valence-electron chi connectivity index (χ3n) is 4.44. The summed E-state index contributed by atoms with van der Waals surface area (Å²) < 4.78 is 90.3. The number of aliphatic hydroxyl groups is 1. The van der Waals surface area contributed by atoms with Gasteiger partial charge in [0, 0.05) is 0 Å². The highest BCUT2D eigenvalue weighted by atomic mass is 19.4. The van der Waals surface area contributed by atoms with Crippen LogP contribution in [0.5, 0.6) is 5.88 Å². The van der Waals surface area contributed by atoms with E-state index in [-0.39, 0.29) is 25.9 Å². The predicted octanol–water partition coefficient (Wildman–Crippen LogP) is 3.83. The van der Waals surface area contributed by atoms with E-state index in [9.17, 15) is 31.4 Å². The maximum Gasteiger partial charge on any atom is 0.426 e. The van der Waals surface area contributed by atoms with E-state index in [1.807, 2.05) is 0 Å². The van der Waals surface area contributed by atoms with Crippen molar-refractivity contribution in [2.75, 3.05) is 12.3 Å². The number of pyridine rings is 1. The molecule has 1 unspecified atom stereocenters. The molecule has 3 rings (SSSR count). The van der Waals surface area contributed by atoms with Crippen LogP contribution in [0, 0.1) is 0 Å². The summed E-state index contributed by atoms with van der Waals surface area (Å²) >= 11 is 0. The standard InChI is InChI=1S/C16H16F6N4O3/c17-15(18,19)8-7-9(23)10-12-25-26-13(29-12)14(27,16(20,21)22)5-3-1-2-4-6-28-11(8)24-10/h7,27H,1-6,23H2. The molecule has 0 saturated heterocycles. The van der Waals surface area contributed by atoms with Crippen LogP contribution in [-0.2, 0) is 11.8 Å². The average molecular weight is 426 g/mol. The normalized spacial score (nSPS) is 21.3. The molecular formula is C16H16F6N4O3. The summed E-state index contributed by atoms with van der Waals surface area (Å²) in [6.07, 6.45) is -9.77. The zero-order valence-corrected chi connectivity index (χ0v) is 14.8. The first-order valence-electron chi connectivity index (χ1n) is 8.57. The fourth-order valence-electron chi connectivity index (χ4n) is 2.86.